The van der Waals surface area contributed by atoms with Gasteiger partial charge in [-0.3, -0.25) is 0 Å². The van der Waals surface area contributed by atoms with Crippen LogP contribution in [0.2, 0.25) is 0 Å². The molecule has 1 heterocycles. The Hall–Kier alpha value is -2.07. The minimum Gasteiger partial charge on any atom is -0.497 e. The van der Waals surface area contributed by atoms with Gasteiger partial charge in [-0.2, -0.15) is 0 Å². The second-order valence-electron chi connectivity index (χ2n) is 4.35. The molecule has 0 saturated carbocycles. The third kappa shape index (κ3) is 3.03. The highest BCUT2D eigenvalue weighted by atomic mass is 16.5. The quantitative estimate of drug-likeness (QED) is 0.916. The van der Waals surface area contributed by atoms with Gasteiger partial charge in [-0.25, -0.2) is 4.98 Å². The molecule has 2 N–H and O–H groups in total. The number of nitrogens with two attached hydrogens (primary N) is 1. The molecular weight excluding hydrogens is 240 g/mol. The molecule has 0 unspecified atom stereocenters. The number of pyridine rings is 1. The topological polar surface area (TPSA) is 57.4 Å². The van der Waals surface area contributed by atoms with Gasteiger partial charge in [-0.1, -0.05) is 0 Å². The van der Waals surface area contributed by atoms with E-state index in [2.05, 4.69) is 4.98 Å². The van der Waals surface area contributed by atoms with Crippen LogP contribution in [0, 0.1) is 13.8 Å². The summed E-state index contributed by atoms with van der Waals surface area (Å²) in [4.78, 5) is 4.41. The first-order valence-corrected chi connectivity index (χ1v) is 6.13. The van der Waals surface area contributed by atoms with Gasteiger partial charge in [-0.05, 0) is 49.7 Å². The Bertz CT molecular complexity index is 565. The molecule has 0 aliphatic heterocycles. The summed E-state index contributed by atoms with van der Waals surface area (Å²) in [6.45, 7) is 4.36. The molecule has 0 bridgehead atoms. The maximum Gasteiger partial charge on any atom is 0.224 e. The molecule has 0 radical (unpaired) electrons. The summed E-state index contributed by atoms with van der Waals surface area (Å²) in [6.07, 6.45) is 0. The average molecular weight is 258 g/mol. The molecule has 2 aromatic rings. The van der Waals surface area contributed by atoms with E-state index in [4.69, 9.17) is 15.2 Å². The molecule has 0 aliphatic carbocycles. The molecule has 0 spiro atoms. The van der Waals surface area contributed by atoms with E-state index in [0.29, 0.717) is 18.2 Å². The third-order valence-electron chi connectivity index (χ3n) is 2.92. The number of ether oxygens (including phenoxy) is 2. The number of hydrogen-bond donors (Lipinski definition) is 1. The van der Waals surface area contributed by atoms with Crippen LogP contribution in [-0.2, 0) is 6.54 Å². The van der Waals surface area contributed by atoms with Gasteiger partial charge in [0.25, 0.3) is 0 Å². The standard InChI is InChI=1S/C15H18N2O2/c1-10-8-11(2)17-15(14(10)9-16)19-13-6-4-12(18-3)5-7-13/h4-8H,9,16H2,1-3H3. The molecular formula is C15H18N2O2. The van der Waals surface area contributed by atoms with Gasteiger partial charge in [0.15, 0.2) is 0 Å². The first-order valence-electron chi connectivity index (χ1n) is 6.13. The molecule has 0 amide bonds. The minimum absolute atomic E-state index is 0.407. The molecule has 4 nitrogen and oxygen atoms in total. The van der Waals surface area contributed by atoms with Crippen molar-refractivity contribution >= 4 is 0 Å². The van der Waals surface area contributed by atoms with Crippen molar-refractivity contribution in [2.75, 3.05) is 7.11 Å². The zero-order valence-corrected chi connectivity index (χ0v) is 11.4. The van der Waals surface area contributed by atoms with Crippen LogP contribution < -0.4 is 15.2 Å². The minimum atomic E-state index is 0.407. The zero-order chi connectivity index (χ0) is 13.8. The fourth-order valence-electron chi connectivity index (χ4n) is 1.92. The lowest BCUT2D eigenvalue weighted by molar-refractivity contribution is 0.411. The summed E-state index contributed by atoms with van der Waals surface area (Å²) in [6, 6.07) is 9.39. The van der Waals surface area contributed by atoms with Gasteiger partial charge in [0.2, 0.25) is 5.88 Å². The Morgan fingerprint density at radius 3 is 2.32 bits per heavy atom. The summed E-state index contributed by atoms with van der Waals surface area (Å²) in [5, 5.41) is 0. The normalized spacial score (nSPS) is 10.3. The van der Waals surface area contributed by atoms with Gasteiger partial charge in [0.1, 0.15) is 11.5 Å². The Labute approximate surface area is 113 Å². The van der Waals surface area contributed by atoms with Crippen molar-refractivity contribution < 1.29 is 9.47 Å². The predicted molar refractivity (Wildman–Crippen MR) is 74.7 cm³/mol. The number of rotatable bonds is 4. The monoisotopic (exact) mass is 258 g/mol. The number of hydrogen-bond acceptors (Lipinski definition) is 4. The highest BCUT2D eigenvalue weighted by Crippen LogP contribution is 2.27. The van der Waals surface area contributed by atoms with E-state index in [9.17, 15) is 0 Å². The average Bonchev–Trinajstić information content (AvgIpc) is 2.39. The lowest BCUT2D eigenvalue weighted by atomic mass is 10.1. The van der Waals surface area contributed by atoms with E-state index in [1.165, 1.54) is 0 Å². The van der Waals surface area contributed by atoms with Crippen LogP contribution in [0.15, 0.2) is 30.3 Å². The molecule has 19 heavy (non-hydrogen) atoms. The van der Waals surface area contributed by atoms with Crippen LogP contribution >= 0.6 is 0 Å². The van der Waals surface area contributed by atoms with Crippen molar-refractivity contribution in [1.82, 2.24) is 4.98 Å². The lowest BCUT2D eigenvalue weighted by Crippen LogP contribution is -2.05. The van der Waals surface area contributed by atoms with Crippen LogP contribution in [0.4, 0.5) is 0 Å². The lowest BCUT2D eigenvalue weighted by Gasteiger charge is -2.12. The maximum atomic E-state index is 5.81. The summed E-state index contributed by atoms with van der Waals surface area (Å²) in [5.41, 5.74) is 8.70. The number of aromatic nitrogens is 1. The second-order valence-corrected chi connectivity index (χ2v) is 4.35. The molecule has 100 valence electrons. The second kappa shape index (κ2) is 5.71. The van der Waals surface area contributed by atoms with Gasteiger partial charge in [0, 0.05) is 17.8 Å². The van der Waals surface area contributed by atoms with Crippen LogP contribution in [-0.4, -0.2) is 12.1 Å². The molecule has 4 heteroatoms. The fourth-order valence-corrected chi connectivity index (χ4v) is 1.92. The zero-order valence-electron chi connectivity index (χ0n) is 11.4. The Morgan fingerprint density at radius 2 is 1.74 bits per heavy atom. The number of benzene rings is 1. The highest BCUT2D eigenvalue weighted by molar-refractivity contribution is 5.40. The van der Waals surface area contributed by atoms with Gasteiger partial charge in [0.05, 0.1) is 7.11 Å². The van der Waals surface area contributed by atoms with E-state index in [-0.39, 0.29) is 0 Å². The van der Waals surface area contributed by atoms with Crippen molar-refractivity contribution in [2.45, 2.75) is 20.4 Å². The van der Waals surface area contributed by atoms with Gasteiger partial charge < -0.3 is 15.2 Å². The molecule has 1 aromatic heterocycles. The molecule has 1 aromatic carbocycles. The highest BCUT2D eigenvalue weighted by Gasteiger charge is 2.09. The van der Waals surface area contributed by atoms with E-state index >= 15 is 0 Å². The first-order chi connectivity index (χ1) is 9.13. The van der Waals surface area contributed by atoms with E-state index < -0.39 is 0 Å². The van der Waals surface area contributed by atoms with E-state index in [1.54, 1.807) is 7.11 Å². The van der Waals surface area contributed by atoms with Crippen molar-refractivity contribution in [3.05, 3.63) is 47.2 Å². The molecule has 0 aliphatic rings. The molecule has 0 fully saturated rings. The van der Waals surface area contributed by atoms with Gasteiger partial charge in [-0.15, -0.1) is 0 Å². The predicted octanol–water partition coefficient (Wildman–Crippen LogP) is 2.96. The first kappa shape index (κ1) is 13.4. The van der Waals surface area contributed by atoms with Crippen molar-refractivity contribution in [3.63, 3.8) is 0 Å². The summed E-state index contributed by atoms with van der Waals surface area (Å²) in [5.74, 6) is 2.08. The summed E-state index contributed by atoms with van der Waals surface area (Å²) < 4.78 is 10.9. The van der Waals surface area contributed by atoms with Crippen molar-refractivity contribution in [2.24, 2.45) is 5.73 Å². The Kier molecular flexibility index (Phi) is 4.02. The summed E-state index contributed by atoms with van der Waals surface area (Å²) in [7, 11) is 1.63. The largest absolute Gasteiger partial charge is 0.497 e. The summed E-state index contributed by atoms with van der Waals surface area (Å²) >= 11 is 0. The molecule has 0 saturated heterocycles. The Morgan fingerprint density at radius 1 is 1.11 bits per heavy atom. The maximum absolute atomic E-state index is 5.81. The van der Waals surface area contributed by atoms with E-state index in [1.807, 2.05) is 44.2 Å². The smallest absolute Gasteiger partial charge is 0.224 e. The van der Waals surface area contributed by atoms with Gasteiger partial charge >= 0.3 is 0 Å². The van der Waals surface area contributed by atoms with Crippen LogP contribution in [0.3, 0.4) is 0 Å². The van der Waals surface area contributed by atoms with Crippen molar-refractivity contribution in [1.29, 1.82) is 0 Å². The fraction of sp³-hybridized carbons (Fsp3) is 0.267. The number of aryl methyl sites for hydroxylation is 2. The molecule has 0 atom stereocenters. The Balaban J connectivity index is 2.31. The third-order valence-corrected chi connectivity index (χ3v) is 2.92. The van der Waals surface area contributed by atoms with Crippen LogP contribution in [0.5, 0.6) is 17.4 Å². The SMILES string of the molecule is COc1ccc(Oc2nc(C)cc(C)c2CN)cc1. The van der Waals surface area contributed by atoms with Crippen LogP contribution in [0.1, 0.15) is 16.8 Å². The van der Waals surface area contributed by atoms with Crippen LogP contribution in [0.25, 0.3) is 0 Å². The number of nitrogens with zero attached hydrogens (tertiary/aromatic N) is 1. The number of methoxy groups -OCH3 is 1. The van der Waals surface area contributed by atoms with Crippen molar-refractivity contribution in [3.8, 4) is 17.4 Å². The molecule has 2 rings (SSSR count). The van der Waals surface area contributed by atoms with E-state index in [0.717, 1.165) is 22.6 Å².